The molecule has 212 valence electrons. The number of aromatic nitrogens is 1. The Hall–Kier alpha value is -3.45. The van der Waals surface area contributed by atoms with Gasteiger partial charge < -0.3 is 24.7 Å². The SMILES string of the molecule is C.CCOC(=O)c1cn(C2CC2)c2c(C#CCC3CC(CNC(=O)OC(C)(C)C)CN3)c(F)c(F)cc2c1=O. The molecule has 1 aromatic carbocycles. The summed E-state index contributed by atoms with van der Waals surface area (Å²) in [4.78, 5) is 37.3. The number of carbonyl (C=O) groups excluding carboxylic acids is 2. The number of nitrogens with one attached hydrogen (secondary N) is 2. The topological polar surface area (TPSA) is 98.7 Å². The average Bonchev–Trinajstić information content (AvgIpc) is 3.58. The maximum absolute atomic E-state index is 15.0. The number of hydrogen-bond donors (Lipinski definition) is 2. The van der Waals surface area contributed by atoms with Crippen LogP contribution in [0.2, 0.25) is 0 Å². The number of benzene rings is 1. The minimum atomic E-state index is -1.20. The predicted octanol–water partition coefficient (Wildman–Crippen LogP) is 4.67. The van der Waals surface area contributed by atoms with Gasteiger partial charge in [0.2, 0.25) is 5.43 Å². The number of hydrogen-bond acceptors (Lipinski definition) is 6. The summed E-state index contributed by atoms with van der Waals surface area (Å²) in [6.07, 6.45) is 3.60. The number of esters is 1. The zero-order valence-corrected chi connectivity index (χ0v) is 22.1. The Balaban J connectivity index is 0.00000420. The van der Waals surface area contributed by atoms with Crippen molar-refractivity contribution in [3.8, 4) is 11.8 Å². The van der Waals surface area contributed by atoms with Gasteiger partial charge in [-0.3, -0.25) is 4.79 Å². The lowest BCUT2D eigenvalue weighted by atomic mass is 10.0. The highest BCUT2D eigenvalue weighted by Gasteiger charge is 2.30. The lowest BCUT2D eigenvalue weighted by Crippen LogP contribution is -2.35. The summed E-state index contributed by atoms with van der Waals surface area (Å²) in [6, 6.07) is 0.809. The molecule has 1 saturated carbocycles. The van der Waals surface area contributed by atoms with E-state index >= 15 is 4.39 Å². The summed E-state index contributed by atoms with van der Waals surface area (Å²) in [7, 11) is 0. The number of rotatable bonds is 6. The van der Waals surface area contributed by atoms with Crippen molar-refractivity contribution >= 4 is 23.0 Å². The van der Waals surface area contributed by atoms with E-state index in [0.717, 1.165) is 25.3 Å². The van der Waals surface area contributed by atoms with E-state index in [4.69, 9.17) is 9.47 Å². The first-order valence-electron chi connectivity index (χ1n) is 12.9. The second kappa shape index (κ2) is 12.2. The van der Waals surface area contributed by atoms with Crippen molar-refractivity contribution in [3.05, 3.63) is 45.2 Å². The van der Waals surface area contributed by atoms with E-state index in [9.17, 15) is 18.8 Å². The minimum absolute atomic E-state index is 0. The Bertz CT molecular complexity index is 1370. The van der Waals surface area contributed by atoms with E-state index in [1.54, 1.807) is 32.3 Å². The number of ether oxygens (including phenoxy) is 2. The van der Waals surface area contributed by atoms with Crippen molar-refractivity contribution in [2.75, 3.05) is 19.7 Å². The van der Waals surface area contributed by atoms with Crippen LogP contribution in [0, 0.1) is 29.4 Å². The van der Waals surface area contributed by atoms with Crippen molar-refractivity contribution in [2.24, 2.45) is 5.92 Å². The number of fused-ring (bicyclic) bond motifs is 1. The third kappa shape index (κ3) is 7.15. The van der Waals surface area contributed by atoms with Gasteiger partial charge in [0.15, 0.2) is 11.6 Å². The third-order valence-electron chi connectivity index (χ3n) is 6.45. The van der Waals surface area contributed by atoms with Gasteiger partial charge in [0.05, 0.1) is 23.1 Å². The fraction of sp³-hybridized carbons (Fsp3) is 0.552. The van der Waals surface area contributed by atoms with E-state index in [0.29, 0.717) is 19.5 Å². The van der Waals surface area contributed by atoms with Crippen LogP contribution in [0.15, 0.2) is 17.1 Å². The number of carbonyl (C=O) groups is 2. The van der Waals surface area contributed by atoms with Crippen LogP contribution in [0.1, 0.15) is 82.8 Å². The molecule has 2 aromatic rings. The number of pyridine rings is 1. The smallest absolute Gasteiger partial charge is 0.407 e. The first-order valence-corrected chi connectivity index (χ1v) is 12.9. The Morgan fingerprint density at radius 2 is 1.97 bits per heavy atom. The van der Waals surface area contributed by atoms with Crippen molar-refractivity contribution in [2.45, 2.75) is 78.5 Å². The van der Waals surface area contributed by atoms with Gasteiger partial charge in [-0.05, 0) is 65.5 Å². The molecule has 8 nitrogen and oxygen atoms in total. The molecule has 1 aromatic heterocycles. The number of amides is 1. The van der Waals surface area contributed by atoms with E-state index in [1.165, 1.54) is 6.20 Å². The molecule has 2 aliphatic rings. The summed E-state index contributed by atoms with van der Waals surface area (Å²) in [6.45, 7) is 8.23. The molecule has 2 fully saturated rings. The molecule has 4 rings (SSSR count). The fourth-order valence-electron chi connectivity index (χ4n) is 4.59. The van der Waals surface area contributed by atoms with Crippen LogP contribution >= 0.6 is 0 Å². The highest BCUT2D eigenvalue weighted by atomic mass is 19.2. The van der Waals surface area contributed by atoms with E-state index < -0.39 is 34.7 Å². The van der Waals surface area contributed by atoms with Gasteiger partial charge in [0.25, 0.3) is 0 Å². The summed E-state index contributed by atoms with van der Waals surface area (Å²) in [5.74, 6) is 2.78. The van der Waals surface area contributed by atoms with Crippen LogP contribution < -0.4 is 16.1 Å². The molecule has 10 heteroatoms. The zero-order valence-electron chi connectivity index (χ0n) is 22.1. The van der Waals surface area contributed by atoms with Crippen LogP contribution in [-0.2, 0) is 9.47 Å². The Morgan fingerprint density at radius 1 is 1.26 bits per heavy atom. The average molecular weight is 546 g/mol. The summed E-state index contributed by atoms with van der Waals surface area (Å²) >= 11 is 0. The molecule has 0 bridgehead atoms. The fourth-order valence-corrected chi connectivity index (χ4v) is 4.59. The molecule has 1 amide bonds. The summed E-state index contributed by atoms with van der Waals surface area (Å²) in [5.41, 5.74) is -1.50. The van der Waals surface area contributed by atoms with Crippen molar-refractivity contribution in [3.63, 3.8) is 0 Å². The Labute approximate surface area is 227 Å². The first-order chi connectivity index (χ1) is 18.0. The normalized spacial score (nSPS) is 18.6. The molecule has 39 heavy (non-hydrogen) atoms. The van der Waals surface area contributed by atoms with E-state index in [1.807, 2.05) is 0 Å². The van der Waals surface area contributed by atoms with Crippen molar-refractivity contribution in [1.82, 2.24) is 15.2 Å². The number of halogens is 2. The number of nitrogens with zero attached hydrogens (tertiary/aromatic N) is 1. The maximum Gasteiger partial charge on any atom is 0.407 e. The standard InChI is InChI=1S/C28H33F2N3O5.CH4/c1-5-37-26(35)21-15-33(18-9-10-18)24-19(23(30)22(29)12-20(24)25(21)34)8-6-7-17-11-16(13-31-17)14-32-27(36)38-28(2,3)4;/h12,15-18,31H,5,7,9-11,13-14H2,1-4H3,(H,32,36);1H4. The Morgan fingerprint density at radius 3 is 2.62 bits per heavy atom. The molecule has 0 spiro atoms. The van der Waals surface area contributed by atoms with Gasteiger partial charge in [-0.15, -0.1) is 0 Å². The molecule has 2 heterocycles. The van der Waals surface area contributed by atoms with Crippen LogP contribution in [0.3, 0.4) is 0 Å². The van der Waals surface area contributed by atoms with Crippen LogP contribution in [0.4, 0.5) is 13.6 Å². The highest BCUT2D eigenvalue weighted by Crippen LogP contribution is 2.38. The first kappa shape index (κ1) is 30.1. The van der Waals surface area contributed by atoms with Gasteiger partial charge in [-0.2, -0.15) is 0 Å². The van der Waals surface area contributed by atoms with Crippen LogP contribution in [0.5, 0.6) is 0 Å². The zero-order chi connectivity index (χ0) is 27.6. The molecule has 1 aliphatic carbocycles. The molecule has 0 radical (unpaired) electrons. The van der Waals surface area contributed by atoms with Gasteiger partial charge in [-0.1, -0.05) is 19.3 Å². The summed E-state index contributed by atoms with van der Waals surface area (Å²) < 4.78 is 41.5. The summed E-state index contributed by atoms with van der Waals surface area (Å²) in [5, 5.41) is 6.01. The van der Waals surface area contributed by atoms with Gasteiger partial charge in [0.1, 0.15) is 11.2 Å². The molecule has 1 aliphatic heterocycles. The quantitative estimate of drug-likeness (QED) is 0.404. The van der Waals surface area contributed by atoms with E-state index in [2.05, 4.69) is 22.5 Å². The van der Waals surface area contributed by atoms with Gasteiger partial charge in [0, 0.05) is 31.2 Å². The molecule has 2 unspecified atom stereocenters. The Kier molecular flexibility index (Phi) is 9.38. The molecular weight excluding hydrogens is 508 g/mol. The third-order valence-corrected chi connectivity index (χ3v) is 6.45. The molecule has 1 saturated heterocycles. The molecular formula is C29H37F2N3O5. The second-order valence-electron chi connectivity index (χ2n) is 10.8. The predicted molar refractivity (Wildman–Crippen MR) is 145 cm³/mol. The van der Waals surface area contributed by atoms with E-state index in [-0.39, 0.29) is 54.1 Å². The molecule has 2 atom stereocenters. The lowest BCUT2D eigenvalue weighted by molar-refractivity contribution is 0.0511. The van der Waals surface area contributed by atoms with Gasteiger partial charge >= 0.3 is 12.1 Å². The van der Waals surface area contributed by atoms with Crippen molar-refractivity contribution in [1.29, 1.82) is 0 Å². The maximum atomic E-state index is 15.0. The van der Waals surface area contributed by atoms with Crippen molar-refractivity contribution < 1.29 is 27.8 Å². The monoisotopic (exact) mass is 545 g/mol. The van der Waals surface area contributed by atoms with Gasteiger partial charge in [-0.25, -0.2) is 18.4 Å². The second-order valence-corrected chi connectivity index (χ2v) is 10.8. The van der Waals surface area contributed by atoms with Crippen LogP contribution in [0.25, 0.3) is 10.9 Å². The van der Waals surface area contributed by atoms with Crippen LogP contribution in [-0.4, -0.2) is 48.0 Å². The molecule has 2 N–H and O–H groups in total. The number of alkyl carbamates (subject to hydrolysis) is 1. The minimum Gasteiger partial charge on any atom is -0.462 e. The highest BCUT2D eigenvalue weighted by molar-refractivity contribution is 5.95. The largest absolute Gasteiger partial charge is 0.462 e. The lowest BCUT2D eigenvalue weighted by Gasteiger charge is -2.20.